The van der Waals surface area contributed by atoms with E-state index in [4.69, 9.17) is 15.3 Å². The SMILES string of the molecule is C=CC=C.C=Cc1ccccc1.O=[N+]([O-])O. The summed E-state index contributed by atoms with van der Waals surface area (Å²) < 4.78 is 0. The van der Waals surface area contributed by atoms with Gasteiger partial charge in [0.15, 0.2) is 0 Å². The molecule has 4 heteroatoms. The minimum atomic E-state index is -1.50. The second kappa shape index (κ2) is 12.6. The fourth-order valence-corrected chi connectivity index (χ4v) is 0.589. The van der Waals surface area contributed by atoms with Crippen LogP contribution in [-0.2, 0) is 0 Å². The Morgan fingerprint density at radius 2 is 1.50 bits per heavy atom. The van der Waals surface area contributed by atoms with Crippen molar-refractivity contribution in [3.8, 4) is 0 Å². The molecule has 0 unspecified atom stereocenters. The lowest BCUT2D eigenvalue weighted by molar-refractivity contribution is -0.742. The zero-order chi connectivity index (χ0) is 12.8. The van der Waals surface area contributed by atoms with Crippen LogP contribution in [0.1, 0.15) is 5.56 Å². The van der Waals surface area contributed by atoms with Crippen LogP contribution in [0.5, 0.6) is 0 Å². The monoisotopic (exact) mass is 221 g/mol. The molecule has 0 amide bonds. The molecule has 0 heterocycles. The molecule has 0 atom stereocenters. The van der Waals surface area contributed by atoms with E-state index in [0.717, 1.165) is 0 Å². The van der Waals surface area contributed by atoms with Gasteiger partial charge < -0.3 is 5.21 Å². The van der Waals surface area contributed by atoms with Crippen LogP contribution in [0, 0.1) is 10.1 Å². The molecule has 86 valence electrons. The topological polar surface area (TPSA) is 63.4 Å². The molecular formula is C12H15NO3. The Bertz CT molecular complexity index is 310. The number of rotatable bonds is 2. The quantitative estimate of drug-likeness (QED) is 0.473. The van der Waals surface area contributed by atoms with Crippen molar-refractivity contribution in [1.29, 1.82) is 0 Å². The van der Waals surface area contributed by atoms with E-state index in [1.165, 1.54) is 5.56 Å². The van der Waals surface area contributed by atoms with E-state index in [1.807, 2.05) is 36.4 Å². The molecule has 0 saturated carbocycles. The molecule has 4 nitrogen and oxygen atoms in total. The van der Waals surface area contributed by atoms with E-state index < -0.39 is 5.09 Å². The first-order chi connectivity index (χ1) is 7.58. The fraction of sp³-hybridized carbons (Fsp3) is 0. The summed E-state index contributed by atoms with van der Waals surface area (Å²) in [7, 11) is 0. The van der Waals surface area contributed by atoms with E-state index in [0.29, 0.717) is 0 Å². The molecule has 1 N–H and O–H groups in total. The summed E-state index contributed by atoms with van der Waals surface area (Å²) in [5.41, 5.74) is 1.17. The standard InChI is InChI=1S/C8H8.C4H6.HNO3/c1-2-8-6-4-3-5-7-8;1-3-4-2;2-1(3)4/h2-7H,1H2;3-4H,1-2H2;(H,2,3,4). The van der Waals surface area contributed by atoms with Crippen molar-refractivity contribution in [2.24, 2.45) is 0 Å². The molecule has 16 heavy (non-hydrogen) atoms. The van der Waals surface area contributed by atoms with E-state index in [1.54, 1.807) is 12.2 Å². The molecule has 0 bridgehead atoms. The van der Waals surface area contributed by atoms with E-state index in [2.05, 4.69) is 19.7 Å². The summed E-state index contributed by atoms with van der Waals surface area (Å²) in [5.74, 6) is 0. The number of hydrogen-bond donors (Lipinski definition) is 1. The van der Waals surface area contributed by atoms with Gasteiger partial charge in [-0.1, -0.05) is 68.3 Å². The Morgan fingerprint density at radius 1 is 1.12 bits per heavy atom. The molecule has 0 aliphatic carbocycles. The Labute approximate surface area is 95.0 Å². The highest BCUT2D eigenvalue weighted by atomic mass is 16.9. The van der Waals surface area contributed by atoms with Gasteiger partial charge in [0.25, 0.3) is 5.09 Å². The van der Waals surface area contributed by atoms with Gasteiger partial charge >= 0.3 is 0 Å². The van der Waals surface area contributed by atoms with Gasteiger partial charge in [0.05, 0.1) is 0 Å². The number of hydrogen-bond acceptors (Lipinski definition) is 2. The molecule has 1 aromatic rings. The van der Waals surface area contributed by atoms with Crippen LogP contribution in [0.4, 0.5) is 0 Å². The molecule has 1 rings (SSSR count). The smallest absolute Gasteiger partial charge is 0.291 e. The van der Waals surface area contributed by atoms with Crippen LogP contribution in [0.3, 0.4) is 0 Å². The van der Waals surface area contributed by atoms with Crippen molar-refractivity contribution in [1.82, 2.24) is 0 Å². The van der Waals surface area contributed by atoms with Crippen LogP contribution in [0.25, 0.3) is 6.08 Å². The number of allylic oxidation sites excluding steroid dienone is 2. The predicted molar refractivity (Wildman–Crippen MR) is 65.7 cm³/mol. The summed E-state index contributed by atoms with van der Waals surface area (Å²) in [5, 5.41) is 13.6. The fourth-order valence-electron chi connectivity index (χ4n) is 0.589. The summed E-state index contributed by atoms with van der Waals surface area (Å²) in [6, 6.07) is 10.0. The Morgan fingerprint density at radius 3 is 1.69 bits per heavy atom. The van der Waals surface area contributed by atoms with Crippen molar-refractivity contribution in [3.63, 3.8) is 0 Å². The highest BCUT2D eigenvalue weighted by Crippen LogP contribution is 1.97. The zero-order valence-electron chi connectivity index (χ0n) is 8.95. The van der Waals surface area contributed by atoms with Gasteiger partial charge in [-0.05, 0) is 5.56 Å². The first-order valence-corrected chi connectivity index (χ1v) is 4.32. The highest BCUT2D eigenvalue weighted by Gasteiger charge is 1.75. The minimum absolute atomic E-state index is 1.17. The van der Waals surface area contributed by atoms with E-state index >= 15 is 0 Å². The van der Waals surface area contributed by atoms with Crippen molar-refractivity contribution in [2.75, 3.05) is 0 Å². The maximum Gasteiger partial charge on any atom is 0.291 e. The summed E-state index contributed by atoms with van der Waals surface area (Å²) in [4.78, 5) is 8.36. The van der Waals surface area contributed by atoms with Gasteiger partial charge in [-0.15, -0.1) is 10.1 Å². The maximum absolute atomic E-state index is 8.36. The van der Waals surface area contributed by atoms with Gasteiger partial charge in [0.1, 0.15) is 0 Å². The molecule has 0 aliphatic heterocycles. The van der Waals surface area contributed by atoms with Crippen LogP contribution >= 0.6 is 0 Å². The van der Waals surface area contributed by atoms with E-state index in [-0.39, 0.29) is 0 Å². The normalized spacial score (nSPS) is 7.00. The highest BCUT2D eigenvalue weighted by molar-refractivity contribution is 5.45. The number of nitrogens with zero attached hydrogens (tertiary/aromatic N) is 1. The third-order valence-corrected chi connectivity index (χ3v) is 1.20. The van der Waals surface area contributed by atoms with E-state index in [9.17, 15) is 0 Å². The Balaban J connectivity index is 0. The lowest BCUT2D eigenvalue weighted by atomic mass is 10.2. The maximum atomic E-state index is 8.36. The third kappa shape index (κ3) is 17.7. The molecule has 0 aromatic heterocycles. The van der Waals surface area contributed by atoms with Crippen molar-refractivity contribution < 1.29 is 10.3 Å². The average molecular weight is 221 g/mol. The lowest BCUT2D eigenvalue weighted by Crippen LogP contribution is -1.81. The number of benzene rings is 1. The average Bonchev–Trinajstić information content (AvgIpc) is 2.30. The van der Waals surface area contributed by atoms with Crippen LogP contribution in [0.15, 0.2) is 62.2 Å². The first kappa shape index (κ1) is 16.1. The van der Waals surface area contributed by atoms with Crippen LogP contribution in [0.2, 0.25) is 0 Å². The lowest BCUT2D eigenvalue weighted by Gasteiger charge is -1.85. The molecule has 0 fully saturated rings. The second-order valence-corrected chi connectivity index (χ2v) is 2.32. The van der Waals surface area contributed by atoms with Crippen LogP contribution < -0.4 is 0 Å². The zero-order valence-corrected chi connectivity index (χ0v) is 8.95. The molecule has 0 aliphatic rings. The van der Waals surface area contributed by atoms with Crippen LogP contribution in [-0.4, -0.2) is 10.3 Å². The summed E-state index contributed by atoms with van der Waals surface area (Å²) in [6.45, 7) is 10.4. The summed E-state index contributed by atoms with van der Waals surface area (Å²) >= 11 is 0. The van der Waals surface area contributed by atoms with Gasteiger partial charge in [-0.25, -0.2) is 0 Å². The summed E-state index contributed by atoms with van der Waals surface area (Å²) in [6.07, 6.45) is 5.11. The van der Waals surface area contributed by atoms with Gasteiger partial charge in [-0.3, -0.25) is 0 Å². The largest absolute Gasteiger partial charge is 0.328 e. The first-order valence-electron chi connectivity index (χ1n) is 4.32. The van der Waals surface area contributed by atoms with Crippen molar-refractivity contribution in [2.45, 2.75) is 0 Å². The molecule has 1 aromatic carbocycles. The molecular weight excluding hydrogens is 206 g/mol. The van der Waals surface area contributed by atoms with Crippen molar-refractivity contribution >= 4 is 6.08 Å². The predicted octanol–water partition coefficient (Wildman–Crippen LogP) is 3.34. The minimum Gasteiger partial charge on any atom is -0.328 e. The van der Waals surface area contributed by atoms with Gasteiger partial charge in [0, 0.05) is 0 Å². The Kier molecular flexibility index (Phi) is 12.7. The van der Waals surface area contributed by atoms with Crippen molar-refractivity contribution in [3.05, 3.63) is 77.9 Å². The van der Waals surface area contributed by atoms with Gasteiger partial charge in [-0.2, -0.15) is 0 Å². The molecule has 0 spiro atoms. The molecule has 0 saturated heterocycles. The van der Waals surface area contributed by atoms with Gasteiger partial charge in [0.2, 0.25) is 0 Å². The third-order valence-electron chi connectivity index (χ3n) is 1.20. The second-order valence-electron chi connectivity index (χ2n) is 2.32. The Hall–Kier alpha value is -2.36. The molecule has 0 radical (unpaired) electrons.